The smallest absolute Gasteiger partial charge is 0.223 e. The number of fused-ring (bicyclic) bond motifs is 1. The SMILES string of the molecule is NC1CCC(Nc2nc(Cc3ccccc3)cc(Cc3nc4ccc(-c5cn[nH]c5)nc4s3)n2)CC1. The molecule has 0 radical (unpaired) electrons. The zero-order valence-electron chi connectivity index (χ0n) is 19.9. The molecule has 0 unspecified atom stereocenters. The molecule has 9 heteroatoms. The number of nitrogens with zero attached hydrogens (tertiary/aromatic N) is 5. The van der Waals surface area contributed by atoms with Gasteiger partial charge in [-0.2, -0.15) is 5.10 Å². The van der Waals surface area contributed by atoms with Crippen molar-refractivity contribution in [3.05, 3.63) is 82.9 Å². The van der Waals surface area contributed by atoms with E-state index in [1.54, 1.807) is 17.5 Å². The van der Waals surface area contributed by atoms with Gasteiger partial charge in [0.15, 0.2) is 0 Å². The third-order valence-electron chi connectivity index (χ3n) is 6.59. The van der Waals surface area contributed by atoms with Crippen molar-refractivity contribution < 1.29 is 0 Å². The molecular weight excluding hydrogens is 468 g/mol. The number of aromatic nitrogens is 6. The van der Waals surface area contributed by atoms with Gasteiger partial charge in [0.2, 0.25) is 5.95 Å². The molecule has 0 aliphatic heterocycles. The molecular formula is C27H28N8S. The average Bonchev–Trinajstić information content (AvgIpc) is 3.55. The fourth-order valence-electron chi connectivity index (χ4n) is 4.70. The van der Waals surface area contributed by atoms with E-state index in [0.29, 0.717) is 24.5 Å². The van der Waals surface area contributed by atoms with E-state index in [2.05, 4.69) is 45.8 Å². The van der Waals surface area contributed by atoms with Crippen molar-refractivity contribution in [3.8, 4) is 11.3 Å². The molecule has 1 aromatic carbocycles. The normalized spacial score (nSPS) is 17.9. The van der Waals surface area contributed by atoms with Gasteiger partial charge >= 0.3 is 0 Å². The quantitative estimate of drug-likeness (QED) is 0.298. The number of rotatable bonds is 7. The minimum atomic E-state index is 0.311. The number of anilines is 1. The standard InChI is InChI=1S/C27H28N8S/c28-19-6-8-20(9-7-19)31-27-32-21(12-17-4-2-1-3-5-17)13-22(33-27)14-25-34-24-11-10-23(35-26(24)36-25)18-15-29-30-16-18/h1-5,10-11,13,15-16,19-20H,6-9,12,14,28H2,(H,29,30)(H,31,32,33). The number of nitrogens with two attached hydrogens (primary N) is 1. The molecule has 0 spiro atoms. The Morgan fingerprint density at radius 2 is 1.72 bits per heavy atom. The van der Waals surface area contributed by atoms with Crippen LogP contribution in [0.2, 0.25) is 0 Å². The molecule has 0 amide bonds. The maximum absolute atomic E-state index is 6.10. The third-order valence-corrected chi connectivity index (χ3v) is 7.56. The van der Waals surface area contributed by atoms with Gasteiger partial charge in [0, 0.05) is 36.7 Å². The molecule has 4 aromatic heterocycles. The van der Waals surface area contributed by atoms with Gasteiger partial charge in [-0.25, -0.2) is 19.9 Å². The first-order valence-corrected chi connectivity index (χ1v) is 13.2. The summed E-state index contributed by atoms with van der Waals surface area (Å²) in [6.45, 7) is 0. The molecule has 0 bridgehead atoms. The van der Waals surface area contributed by atoms with Crippen LogP contribution in [0.15, 0.2) is 60.9 Å². The fourth-order valence-corrected chi connectivity index (χ4v) is 5.64. The van der Waals surface area contributed by atoms with Crippen molar-refractivity contribution in [2.45, 2.75) is 50.6 Å². The Labute approximate surface area is 213 Å². The molecule has 4 heterocycles. The van der Waals surface area contributed by atoms with Crippen LogP contribution in [0.1, 0.15) is 47.6 Å². The van der Waals surface area contributed by atoms with Crippen LogP contribution in [0.25, 0.3) is 21.6 Å². The highest BCUT2D eigenvalue weighted by atomic mass is 32.1. The minimum absolute atomic E-state index is 0.311. The summed E-state index contributed by atoms with van der Waals surface area (Å²) < 4.78 is 0. The molecule has 1 aliphatic rings. The van der Waals surface area contributed by atoms with Gasteiger partial charge in [0.1, 0.15) is 15.4 Å². The van der Waals surface area contributed by atoms with E-state index in [1.807, 2.05) is 24.4 Å². The van der Waals surface area contributed by atoms with Crippen LogP contribution >= 0.6 is 11.3 Å². The lowest BCUT2D eigenvalue weighted by Gasteiger charge is -2.27. The second kappa shape index (κ2) is 10.1. The number of benzene rings is 1. The van der Waals surface area contributed by atoms with E-state index in [-0.39, 0.29) is 0 Å². The van der Waals surface area contributed by atoms with Crippen LogP contribution in [0.5, 0.6) is 0 Å². The van der Waals surface area contributed by atoms with Gasteiger partial charge < -0.3 is 11.1 Å². The summed E-state index contributed by atoms with van der Waals surface area (Å²) in [4.78, 5) is 20.3. The van der Waals surface area contributed by atoms with Crippen molar-refractivity contribution >= 4 is 27.6 Å². The van der Waals surface area contributed by atoms with Crippen LogP contribution in [0.3, 0.4) is 0 Å². The lowest BCUT2D eigenvalue weighted by Crippen LogP contribution is -2.33. The van der Waals surface area contributed by atoms with Crippen LogP contribution in [-0.4, -0.2) is 42.2 Å². The van der Waals surface area contributed by atoms with E-state index in [0.717, 1.165) is 70.1 Å². The molecule has 1 fully saturated rings. The minimum Gasteiger partial charge on any atom is -0.351 e. The molecule has 36 heavy (non-hydrogen) atoms. The largest absolute Gasteiger partial charge is 0.351 e. The predicted octanol–water partition coefficient (Wildman–Crippen LogP) is 4.73. The summed E-state index contributed by atoms with van der Waals surface area (Å²) in [7, 11) is 0. The van der Waals surface area contributed by atoms with Crippen molar-refractivity contribution in [2.75, 3.05) is 5.32 Å². The Kier molecular flexibility index (Phi) is 6.40. The highest BCUT2D eigenvalue weighted by Crippen LogP contribution is 2.26. The Balaban J connectivity index is 1.27. The summed E-state index contributed by atoms with van der Waals surface area (Å²) in [5.41, 5.74) is 12.0. The fraction of sp³-hybridized carbons (Fsp3) is 0.296. The van der Waals surface area contributed by atoms with E-state index >= 15 is 0 Å². The third kappa shape index (κ3) is 5.27. The van der Waals surface area contributed by atoms with Gasteiger partial charge in [-0.15, -0.1) is 0 Å². The van der Waals surface area contributed by atoms with Gasteiger partial charge in [0.25, 0.3) is 0 Å². The van der Waals surface area contributed by atoms with E-state index in [4.69, 9.17) is 25.7 Å². The van der Waals surface area contributed by atoms with E-state index in [1.165, 1.54) is 5.56 Å². The lowest BCUT2D eigenvalue weighted by atomic mass is 9.92. The maximum Gasteiger partial charge on any atom is 0.223 e. The van der Waals surface area contributed by atoms with Crippen molar-refractivity contribution in [1.82, 2.24) is 30.1 Å². The first-order valence-electron chi connectivity index (χ1n) is 12.4. The van der Waals surface area contributed by atoms with E-state index in [9.17, 15) is 0 Å². The monoisotopic (exact) mass is 496 g/mol. The summed E-state index contributed by atoms with van der Waals surface area (Å²) in [6.07, 6.45) is 9.18. The Hall–Kier alpha value is -3.69. The number of H-pyrrole nitrogens is 1. The Morgan fingerprint density at radius 3 is 2.50 bits per heavy atom. The van der Waals surface area contributed by atoms with Gasteiger partial charge in [-0.05, 0) is 49.4 Å². The van der Waals surface area contributed by atoms with Gasteiger partial charge in [0.05, 0.1) is 23.3 Å². The first-order chi connectivity index (χ1) is 17.7. The summed E-state index contributed by atoms with van der Waals surface area (Å²) in [6, 6.07) is 17.2. The lowest BCUT2D eigenvalue weighted by molar-refractivity contribution is 0.409. The Bertz CT molecular complexity index is 1440. The van der Waals surface area contributed by atoms with Crippen LogP contribution in [-0.2, 0) is 12.8 Å². The first kappa shape index (κ1) is 22.8. The van der Waals surface area contributed by atoms with Crippen molar-refractivity contribution in [1.29, 1.82) is 0 Å². The number of aromatic amines is 1. The van der Waals surface area contributed by atoms with Crippen molar-refractivity contribution in [2.24, 2.45) is 5.73 Å². The zero-order chi connectivity index (χ0) is 24.3. The zero-order valence-corrected chi connectivity index (χ0v) is 20.7. The summed E-state index contributed by atoms with van der Waals surface area (Å²) in [5.74, 6) is 0.695. The highest BCUT2D eigenvalue weighted by molar-refractivity contribution is 7.18. The number of hydrogen-bond donors (Lipinski definition) is 3. The molecule has 1 saturated carbocycles. The van der Waals surface area contributed by atoms with Crippen molar-refractivity contribution in [3.63, 3.8) is 0 Å². The summed E-state index contributed by atoms with van der Waals surface area (Å²) >= 11 is 1.61. The van der Waals surface area contributed by atoms with Crippen LogP contribution in [0.4, 0.5) is 5.95 Å². The molecule has 6 rings (SSSR count). The maximum atomic E-state index is 6.10. The topological polar surface area (TPSA) is 118 Å². The Morgan fingerprint density at radius 1 is 0.917 bits per heavy atom. The van der Waals surface area contributed by atoms with Crippen LogP contribution < -0.4 is 11.1 Å². The molecule has 8 nitrogen and oxygen atoms in total. The number of nitrogens with one attached hydrogen (secondary N) is 2. The molecule has 182 valence electrons. The predicted molar refractivity (Wildman–Crippen MR) is 143 cm³/mol. The number of thiazole rings is 1. The highest BCUT2D eigenvalue weighted by Gasteiger charge is 2.20. The van der Waals surface area contributed by atoms with Gasteiger partial charge in [-0.1, -0.05) is 41.7 Å². The number of pyridine rings is 1. The molecule has 0 saturated heterocycles. The number of hydrogen-bond acceptors (Lipinski definition) is 8. The molecule has 0 atom stereocenters. The molecule has 4 N–H and O–H groups in total. The summed E-state index contributed by atoms with van der Waals surface area (Å²) in [5, 5.41) is 11.4. The molecule has 1 aliphatic carbocycles. The molecule has 5 aromatic rings. The van der Waals surface area contributed by atoms with Crippen LogP contribution in [0, 0.1) is 0 Å². The second-order valence-electron chi connectivity index (χ2n) is 9.38. The average molecular weight is 497 g/mol. The van der Waals surface area contributed by atoms with Gasteiger partial charge in [-0.3, -0.25) is 5.10 Å². The van der Waals surface area contributed by atoms with E-state index < -0.39 is 0 Å². The second-order valence-corrected chi connectivity index (χ2v) is 10.4.